The Morgan fingerprint density at radius 2 is 1.95 bits per heavy atom. The van der Waals surface area contributed by atoms with Gasteiger partial charge in [0.15, 0.2) is 14.9 Å². The van der Waals surface area contributed by atoms with Crippen molar-refractivity contribution in [3.63, 3.8) is 0 Å². The molecular formula is C10H14FN3O4S2. The molecule has 1 aromatic carbocycles. The summed E-state index contributed by atoms with van der Waals surface area (Å²) in [5.74, 6) is -1.05. The quantitative estimate of drug-likeness (QED) is 0.481. The van der Waals surface area contributed by atoms with Gasteiger partial charge >= 0.3 is 0 Å². The van der Waals surface area contributed by atoms with Crippen LogP contribution in [0.5, 0.6) is 0 Å². The highest BCUT2D eigenvalue weighted by Crippen LogP contribution is 2.10. The first-order valence-electron chi connectivity index (χ1n) is 5.28. The minimum absolute atomic E-state index is 0.0204. The lowest BCUT2D eigenvalue weighted by atomic mass is 10.1. The third-order valence-electron chi connectivity index (χ3n) is 2.22. The first kappa shape index (κ1) is 16.5. The highest BCUT2D eigenvalue weighted by atomic mass is 32.3. The summed E-state index contributed by atoms with van der Waals surface area (Å²) in [6.07, 6.45) is 0.786. The number of nitrogen functional groups attached to an aromatic ring is 1. The summed E-state index contributed by atoms with van der Waals surface area (Å²) in [4.78, 5) is 0. The number of sulfonamides is 1. The van der Waals surface area contributed by atoms with Gasteiger partial charge in [-0.05, 0) is 6.07 Å². The maximum absolute atomic E-state index is 13.6. The van der Waals surface area contributed by atoms with E-state index in [1.165, 1.54) is 12.1 Å². The van der Waals surface area contributed by atoms with Gasteiger partial charge in [0.05, 0.1) is 0 Å². The maximum Gasteiger partial charge on any atom is 0.226 e. The van der Waals surface area contributed by atoms with Gasteiger partial charge in [0, 0.05) is 23.9 Å². The van der Waals surface area contributed by atoms with Crippen molar-refractivity contribution < 1.29 is 21.2 Å². The standard InChI is InChI=1S/C10H14FN3O4S2/c1-19(15,16)6-20(17,18)14-5-8-3-2-7(10(12)13)4-9(8)11/h2-4,14H,5-6H2,1H3,(H3,12,13). The van der Waals surface area contributed by atoms with Crippen LogP contribution in [0.15, 0.2) is 18.2 Å². The molecule has 0 heterocycles. The van der Waals surface area contributed by atoms with E-state index in [0.717, 1.165) is 12.3 Å². The topological polar surface area (TPSA) is 130 Å². The summed E-state index contributed by atoms with van der Waals surface area (Å²) in [5, 5.41) is 6.07. The lowest BCUT2D eigenvalue weighted by Gasteiger charge is -2.08. The summed E-state index contributed by atoms with van der Waals surface area (Å²) in [6, 6.07) is 3.64. The molecule has 0 bridgehead atoms. The Morgan fingerprint density at radius 1 is 1.35 bits per heavy atom. The Balaban J connectivity index is 2.83. The normalized spacial score (nSPS) is 12.3. The molecule has 20 heavy (non-hydrogen) atoms. The van der Waals surface area contributed by atoms with Crippen LogP contribution in [0.2, 0.25) is 0 Å². The van der Waals surface area contributed by atoms with Crippen molar-refractivity contribution in [2.24, 2.45) is 5.73 Å². The van der Waals surface area contributed by atoms with Gasteiger partial charge in [-0.1, -0.05) is 12.1 Å². The van der Waals surface area contributed by atoms with Crippen molar-refractivity contribution in [3.8, 4) is 0 Å². The molecule has 0 saturated heterocycles. The molecule has 0 radical (unpaired) electrons. The Hall–Kier alpha value is -1.52. The van der Waals surface area contributed by atoms with Gasteiger partial charge < -0.3 is 5.73 Å². The molecule has 0 aliphatic rings. The average molecular weight is 323 g/mol. The number of benzene rings is 1. The zero-order valence-electron chi connectivity index (χ0n) is 10.6. The molecule has 0 fully saturated rings. The molecule has 1 aromatic rings. The number of nitrogens with two attached hydrogens (primary N) is 1. The molecule has 0 aliphatic carbocycles. The average Bonchev–Trinajstić information content (AvgIpc) is 2.23. The summed E-state index contributed by atoms with van der Waals surface area (Å²) >= 11 is 0. The van der Waals surface area contributed by atoms with Crippen molar-refractivity contribution in [1.82, 2.24) is 4.72 Å². The summed E-state index contributed by atoms with van der Waals surface area (Å²) in [6.45, 7) is -0.387. The predicted molar refractivity (Wildman–Crippen MR) is 72.9 cm³/mol. The van der Waals surface area contributed by atoms with Crippen LogP contribution >= 0.6 is 0 Å². The maximum atomic E-state index is 13.6. The lowest BCUT2D eigenvalue weighted by molar-refractivity contribution is 0.575. The molecule has 1 rings (SSSR count). The molecule has 0 unspecified atom stereocenters. The van der Waals surface area contributed by atoms with E-state index in [2.05, 4.69) is 0 Å². The predicted octanol–water partition coefficient (Wildman–Crippen LogP) is -0.469. The molecule has 112 valence electrons. The van der Waals surface area contributed by atoms with Crippen LogP contribution < -0.4 is 10.5 Å². The van der Waals surface area contributed by atoms with E-state index >= 15 is 0 Å². The fraction of sp³-hybridized carbons (Fsp3) is 0.300. The highest BCUT2D eigenvalue weighted by molar-refractivity contribution is 8.06. The third-order valence-corrected chi connectivity index (χ3v) is 5.75. The number of hydrogen-bond donors (Lipinski definition) is 3. The van der Waals surface area contributed by atoms with Gasteiger partial charge in [-0.2, -0.15) is 0 Å². The van der Waals surface area contributed by atoms with E-state index < -0.39 is 30.8 Å². The van der Waals surface area contributed by atoms with Gasteiger partial charge in [0.2, 0.25) is 10.0 Å². The number of amidine groups is 1. The number of hydrogen-bond acceptors (Lipinski definition) is 5. The van der Waals surface area contributed by atoms with Crippen molar-refractivity contribution in [1.29, 1.82) is 5.41 Å². The number of sulfone groups is 1. The third kappa shape index (κ3) is 5.23. The van der Waals surface area contributed by atoms with Crippen molar-refractivity contribution >= 4 is 25.7 Å². The van der Waals surface area contributed by atoms with Gasteiger partial charge in [0.1, 0.15) is 11.7 Å². The second-order valence-electron chi connectivity index (χ2n) is 4.20. The van der Waals surface area contributed by atoms with E-state index in [1.807, 2.05) is 4.72 Å². The molecule has 0 saturated carbocycles. The number of rotatable bonds is 6. The van der Waals surface area contributed by atoms with E-state index in [4.69, 9.17) is 11.1 Å². The van der Waals surface area contributed by atoms with E-state index in [0.29, 0.717) is 0 Å². The Morgan fingerprint density at radius 3 is 2.40 bits per heavy atom. The molecular weight excluding hydrogens is 309 g/mol. The van der Waals surface area contributed by atoms with Crippen LogP contribution in [0.1, 0.15) is 11.1 Å². The van der Waals surface area contributed by atoms with Gasteiger partial charge in [-0.15, -0.1) is 0 Å². The summed E-state index contributed by atoms with van der Waals surface area (Å²) in [5.41, 5.74) is 5.38. The zero-order valence-corrected chi connectivity index (χ0v) is 12.2. The van der Waals surface area contributed by atoms with Crippen molar-refractivity contribution in [2.75, 3.05) is 11.3 Å². The monoisotopic (exact) mass is 323 g/mol. The fourth-order valence-corrected chi connectivity index (χ4v) is 4.33. The number of nitrogens with one attached hydrogen (secondary N) is 2. The molecule has 10 heteroatoms. The molecule has 0 aliphatic heterocycles. The summed E-state index contributed by atoms with van der Waals surface area (Å²) < 4.78 is 60.3. The van der Waals surface area contributed by atoms with Crippen molar-refractivity contribution in [3.05, 3.63) is 35.1 Å². The molecule has 0 spiro atoms. The molecule has 0 aromatic heterocycles. The first-order valence-corrected chi connectivity index (χ1v) is 8.99. The van der Waals surface area contributed by atoms with Crippen LogP contribution in [0.3, 0.4) is 0 Å². The van der Waals surface area contributed by atoms with Crippen molar-refractivity contribution in [2.45, 2.75) is 6.54 Å². The largest absolute Gasteiger partial charge is 0.384 e. The highest BCUT2D eigenvalue weighted by Gasteiger charge is 2.18. The lowest BCUT2D eigenvalue weighted by Crippen LogP contribution is -2.29. The molecule has 4 N–H and O–H groups in total. The smallest absolute Gasteiger partial charge is 0.226 e. The number of halogens is 1. The summed E-state index contributed by atoms with van der Waals surface area (Å²) in [7, 11) is -7.76. The minimum atomic E-state index is -4.05. The van der Waals surface area contributed by atoms with Crippen LogP contribution in [-0.4, -0.2) is 34.0 Å². The molecule has 0 atom stereocenters. The van der Waals surface area contributed by atoms with Gasteiger partial charge in [-0.25, -0.2) is 25.9 Å². The van der Waals surface area contributed by atoms with Gasteiger partial charge in [-0.3, -0.25) is 5.41 Å². The van der Waals surface area contributed by atoms with E-state index in [1.54, 1.807) is 0 Å². The minimum Gasteiger partial charge on any atom is -0.384 e. The van der Waals surface area contributed by atoms with Crippen LogP contribution in [-0.2, 0) is 26.4 Å². The molecule has 0 amide bonds. The zero-order chi connectivity index (χ0) is 15.6. The van der Waals surface area contributed by atoms with Crippen LogP contribution in [0.25, 0.3) is 0 Å². The molecule has 7 nitrogen and oxygen atoms in total. The Bertz CT molecular complexity index is 729. The first-order chi connectivity index (χ1) is 9.00. The fourth-order valence-electron chi connectivity index (χ4n) is 1.37. The second kappa shape index (κ2) is 5.85. The Labute approximate surface area is 116 Å². The SMILES string of the molecule is CS(=O)(=O)CS(=O)(=O)NCc1ccc(C(=N)N)cc1F. The van der Waals surface area contributed by atoms with E-state index in [-0.39, 0.29) is 23.5 Å². The van der Waals surface area contributed by atoms with E-state index in [9.17, 15) is 21.2 Å². The Kier molecular flexibility index (Phi) is 4.84. The van der Waals surface area contributed by atoms with Crippen LogP contribution in [0, 0.1) is 11.2 Å². The van der Waals surface area contributed by atoms with Crippen LogP contribution in [0.4, 0.5) is 4.39 Å². The van der Waals surface area contributed by atoms with Gasteiger partial charge in [0.25, 0.3) is 0 Å². The second-order valence-corrected chi connectivity index (χ2v) is 8.51.